The molecule has 0 aromatic rings. The number of ether oxygens (including phenoxy) is 2. The summed E-state index contributed by atoms with van der Waals surface area (Å²) in [5, 5.41) is 3.05. The number of nitrogens with one attached hydrogen (secondary N) is 1. The number of hydrogen-bond acceptors (Lipinski definition) is 4. The van der Waals surface area contributed by atoms with Gasteiger partial charge in [0, 0.05) is 19.6 Å². The molecule has 1 N–H and O–H groups in total. The zero-order valence-corrected chi connectivity index (χ0v) is 10.4. The van der Waals surface area contributed by atoms with Crippen molar-refractivity contribution in [3.05, 3.63) is 0 Å². The molecular weight excluding hydrogens is 208 g/mol. The van der Waals surface area contributed by atoms with E-state index in [0.717, 1.165) is 6.54 Å². The maximum absolute atomic E-state index is 11.8. The topological polar surface area (TPSA) is 50.8 Å². The van der Waals surface area contributed by atoms with E-state index < -0.39 is 0 Å². The number of rotatable bonds is 5. The third kappa shape index (κ3) is 4.47. The fourth-order valence-electron chi connectivity index (χ4n) is 1.63. The summed E-state index contributed by atoms with van der Waals surface area (Å²) in [6.07, 6.45) is 0.194. The van der Waals surface area contributed by atoms with Crippen LogP contribution in [0.3, 0.4) is 0 Å². The molecule has 0 radical (unpaired) electrons. The van der Waals surface area contributed by atoms with Crippen LogP contribution in [0, 0.1) is 0 Å². The van der Waals surface area contributed by atoms with Crippen molar-refractivity contribution in [2.75, 3.05) is 39.9 Å². The van der Waals surface area contributed by atoms with Gasteiger partial charge in [-0.15, -0.1) is 0 Å². The van der Waals surface area contributed by atoms with Crippen LogP contribution in [0.5, 0.6) is 0 Å². The van der Waals surface area contributed by atoms with Gasteiger partial charge in [-0.2, -0.15) is 0 Å². The second-order valence-corrected chi connectivity index (χ2v) is 4.25. The SMILES string of the molecule is CNCC1CN(C(=O)COC(C)C)CCO1. The zero-order valence-electron chi connectivity index (χ0n) is 10.4. The van der Waals surface area contributed by atoms with E-state index in [4.69, 9.17) is 9.47 Å². The van der Waals surface area contributed by atoms with Gasteiger partial charge in [0.1, 0.15) is 6.61 Å². The Bertz CT molecular complexity index is 219. The highest BCUT2D eigenvalue weighted by atomic mass is 16.5. The van der Waals surface area contributed by atoms with Gasteiger partial charge in [-0.25, -0.2) is 0 Å². The van der Waals surface area contributed by atoms with Crippen LogP contribution < -0.4 is 5.32 Å². The van der Waals surface area contributed by atoms with Crippen molar-refractivity contribution in [2.45, 2.75) is 26.1 Å². The first-order valence-corrected chi connectivity index (χ1v) is 5.79. The summed E-state index contributed by atoms with van der Waals surface area (Å²) in [5.74, 6) is 0.0538. The lowest BCUT2D eigenvalue weighted by Crippen LogP contribution is -2.49. The van der Waals surface area contributed by atoms with E-state index in [1.54, 1.807) is 0 Å². The van der Waals surface area contributed by atoms with Crippen LogP contribution >= 0.6 is 0 Å². The van der Waals surface area contributed by atoms with Crippen molar-refractivity contribution < 1.29 is 14.3 Å². The van der Waals surface area contributed by atoms with Crippen molar-refractivity contribution in [3.8, 4) is 0 Å². The molecule has 1 atom stereocenters. The van der Waals surface area contributed by atoms with Gasteiger partial charge in [0.05, 0.1) is 18.8 Å². The van der Waals surface area contributed by atoms with Crippen molar-refractivity contribution in [1.29, 1.82) is 0 Å². The minimum Gasteiger partial charge on any atom is -0.373 e. The van der Waals surface area contributed by atoms with E-state index in [9.17, 15) is 4.79 Å². The van der Waals surface area contributed by atoms with E-state index in [-0.39, 0.29) is 24.7 Å². The molecule has 5 nitrogen and oxygen atoms in total. The number of nitrogens with zero attached hydrogens (tertiary/aromatic N) is 1. The molecule has 0 aromatic heterocycles. The van der Waals surface area contributed by atoms with Gasteiger partial charge in [-0.05, 0) is 20.9 Å². The first-order valence-electron chi connectivity index (χ1n) is 5.79. The average molecular weight is 230 g/mol. The van der Waals surface area contributed by atoms with E-state index in [1.165, 1.54) is 0 Å². The van der Waals surface area contributed by atoms with Crippen LogP contribution in [0.1, 0.15) is 13.8 Å². The van der Waals surface area contributed by atoms with E-state index in [1.807, 2.05) is 25.8 Å². The molecule has 94 valence electrons. The minimum atomic E-state index is 0.0538. The van der Waals surface area contributed by atoms with Gasteiger partial charge in [-0.1, -0.05) is 0 Å². The fourth-order valence-corrected chi connectivity index (χ4v) is 1.63. The first-order chi connectivity index (χ1) is 7.63. The van der Waals surface area contributed by atoms with E-state index >= 15 is 0 Å². The highest BCUT2D eigenvalue weighted by Crippen LogP contribution is 2.05. The Balaban J connectivity index is 2.32. The predicted molar refractivity (Wildman–Crippen MR) is 61.3 cm³/mol. The number of amides is 1. The zero-order chi connectivity index (χ0) is 12.0. The molecule has 1 unspecified atom stereocenters. The lowest BCUT2D eigenvalue weighted by molar-refractivity contribution is -0.144. The molecule has 0 aromatic carbocycles. The summed E-state index contributed by atoms with van der Waals surface area (Å²) in [5.41, 5.74) is 0. The molecule has 1 fully saturated rings. The van der Waals surface area contributed by atoms with E-state index in [2.05, 4.69) is 5.32 Å². The van der Waals surface area contributed by atoms with Crippen LogP contribution in [0.2, 0.25) is 0 Å². The van der Waals surface area contributed by atoms with Crippen LogP contribution in [0.15, 0.2) is 0 Å². The van der Waals surface area contributed by atoms with Crippen LogP contribution in [0.4, 0.5) is 0 Å². The number of carbonyl (C=O) groups excluding carboxylic acids is 1. The van der Waals surface area contributed by atoms with Crippen LogP contribution in [-0.2, 0) is 14.3 Å². The highest BCUT2D eigenvalue weighted by molar-refractivity contribution is 5.77. The summed E-state index contributed by atoms with van der Waals surface area (Å²) >= 11 is 0. The standard InChI is InChI=1S/C11H22N2O3/c1-9(2)16-8-11(14)13-4-5-15-10(7-13)6-12-3/h9-10,12H,4-8H2,1-3H3. The quantitative estimate of drug-likeness (QED) is 0.714. The summed E-state index contributed by atoms with van der Waals surface area (Å²) in [6, 6.07) is 0. The van der Waals surface area contributed by atoms with Gasteiger partial charge < -0.3 is 19.7 Å². The van der Waals surface area contributed by atoms with Gasteiger partial charge >= 0.3 is 0 Å². The summed E-state index contributed by atoms with van der Waals surface area (Å²) in [6.45, 7) is 6.73. The number of likely N-dealkylation sites (N-methyl/N-ethyl adjacent to an activating group) is 1. The fraction of sp³-hybridized carbons (Fsp3) is 0.909. The molecule has 0 saturated carbocycles. The van der Waals surface area contributed by atoms with Crippen LogP contribution in [-0.4, -0.2) is 62.9 Å². The van der Waals surface area contributed by atoms with E-state index in [0.29, 0.717) is 19.7 Å². The van der Waals surface area contributed by atoms with Gasteiger partial charge in [0.15, 0.2) is 0 Å². The number of carbonyl (C=O) groups is 1. The summed E-state index contributed by atoms with van der Waals surface area (Å²) < 4.78 is 10.8. The third-order valence-corrected chi connectivity index (χ3v) is 2.46. The number of hydrogen-bond donors (Lipinski definition) is 1. The normalized spacial score (nSPS) is 21.5. The largest absolute Gasteiger partial charge is 0.373 e. The second-order valence-electron chi connectivity index (χ2n) is 4.25. The van der Waals surface area contributed by atoms with Crippen molar-refractivity contribution in [1.82, 2.24) is 10.2 Å². The Kier molecular flexibility index (Phi) is 5.73. The average Bonchev–Trinajstić information content (AvgIpc) is 2.26. The monoisotopic (exact) mass is 230 g/mol. The number of morpholine rings is 1. The molecule has 1 aliphatic rings. The van der Waals surface area contributed by atoms with Crippen molar-refractivity contribution in [2.24, 2.45) is 0 Å². The van der Waals surface area contributed by atoms with Crippen LogP contribution in [0.25, 0.3) is 0 Å². The minimum absolute atomic E-state index is 0.0538. The Morgan fingerprint density at radius 1 is 1.62 bits per heavy atom. The summed E-state index contributed by atoms with van der Waals surface area (Å²) in [4.78, 5) is 13.6. The van der Waals surface area contributed by atoms with Gasteiger partial charge in [-0.3, -0.25) is 4.79 Å². The molecule has 5 heteroatoms. The predicted octanol–water partition coefficient (Wildman–Crippen LogP) is -0.142. The lowest BCUT2D eigenvalue weighted by Gasteiger charge is -2.33. The molecule has 1 saturated heterocycles. The molecule has 16 heavy (non-hydrogen) atoms. The molecule has 1 rings (SSSR count). The maximum atomic E-state index is 11.8. The lowest BCUT2D eigenvalue weighted by atomic mass is 10.2. The smallest absolute Gasteiger partial charge is 0.248 e. The molecule has 1 aliphatic heterocycles. The van der Waals surface area contributed by atoms with Gasteiger partial charge in [0.2, 0.25) is 5.91 Å². The van der Waals surface area contributed by atoms with Gasteiger partial charge in [0.25, 0.3) is 0 Å². The third-order valence-electron chi connectivity index (χ3n) is 2.46. The summed E-state index contributed by atoms with van der Waals surface area (Å²) in [7, 11) is 1.88. The van der Waals surface area contributed by atoms with Crippen molar-refractivity contribution >= 4 is 5.91 Å². The Hall–Kier alpha value is -0.650. The Morgan fingerprint density at radius 2 is 2.38 bits per heavy atom. The maximum Gasteiger partial charge on any atom is 0.248 e. The molecule has 0 spiro atoms. The molecule has 1 heterocycles. The molecular formula is C11H22N2O3. The molecule has 0 bridgehead atoms. The molecule has 0 aliphatic carbocycles. The molecule has 1 amide bonds. The highest BCUT2D eigenvalue weighted by Gasteiger charge is 2.23. The Labute approximate surface area is 97.1 Å². The van der Waals surface area contributed by atoms with Crippen molar-refractivity contribution in [3.63, 3.8) is 0 Å². The Morgan fingerprint density at radius 3 is 3.00 bits per heavy atom. The second kappa shape index (κ2) is 6.83. The first kappa shape index (κ1) is 13.4.